The van der Waals surface area contributed by atoms with Crippen LogP contribution in [0.2, 0.25) is 0 Å². The monoisotopic (exact) mass is 270 g/mol. The zero-order valence-electron chi connectivity index (χ0n) is 16.2. The predicted molar refractivity (Wildman–Crippen MR) is 83.7 cm³/mol. The lowest BCUT2D eigenvalue weighted by Crippen LogP contribution is -2.31. The molecule has 0 saturated heterocycles. The predicted octanol–water partition coefficient (Wildman–Crippen LogP) is 4.45. The molecule has 0 atom stereocenters. The first-order valence-electron chi connectivity index (χ1n) is 9.32. The highest BCUT2D eigenvalue weighted by Crippen LogP contribution is 2.36. The fourth-order valence-corrected chi connectivity index (χ4v) is 3.10. The summed E-state index contributed by atoms with van der Waals surface area (Å²) < 4.78 is 33.3. The van der Waals surface area contributed by atoms with Crippen molar-refractivity contribution in [2.24, 2.45) is 7.05 Å². The maximum absolute atomic E-state index is 8.74. The molecule has 1 nitrogen and oxygen atoms in total. The molecule has 1 heterocycles. The van der Waals surface area contributed by atoms with Crippen molar-refractivity contribution in [2.45, 2.75) is 45.4 Å². The van der Waals surface area contributed by atoms with Gasteiger partial charge in [-0.3, -0.25) is 0 Å². The van der Waals surface area contributed by atoms with Crippen LogP contribution in [-0.2, 0) is 7.05 Å². The molecule has 2 aromatic rings. The van der Waals surface area contributed by atoms with E-state index in [1.807, 2.05) is 17.7 Å². The van der Waals surface area contributed by atoms with Crippen LogP contribution in [0.4, 0.5) is 0 Å². The number of nitrogens with zero attached hydrogens (tertiary/aromatic N) is 1. The van der Waals surface area contributed by atoms with Crippen molar-refractivity contribution in [3.8, 4) is 11.3 Å². The summed E-state index contributed by atoms with van der Waals surface area (Å²) >= 11 is 0. The SMILES string of the molecule is [2H]C([2H])([2H])c1ccc(-c2cc(C3([2H])CCCC3)ccc2C)[n+](C)c1. The number of hydrogen-bond donors (Lipinski definition) is 0. The first kappa shape index (κ1) is 9.33. The maximum atomic E-state index is 8.74. The summed E-state index contributed by atoms with van der Waals surface area (Å²) in [5.41, 5.74) is 4.60. The summed E-state index contributed by atoms with van der Waals surface area (Å²) in [5.74, 6) is -0.473. The van der Waals surface area contributed by atoms with Crippen molar-refractivity contribution >= 4 is 0 Å². The Morgan fingerprint density at radius 2 is 2.00 bits per heavy atom. The minimum atomic E-state index is -2.09. The standard InChI is InChI=1S/C19H24N/c1-14-8-11-19(20(3)13-14)18-12-17(10-9-15(18)2)16-6-4-5-7-16/h8-13,16H,4-7H2,1-3H3/q+1/i1D3,16D. The van der Waals surface area contributed by atoms with Crippen LogP contribution in [0.15, 0.2) is 36.5 Å². The zero-order chi connectivity index (χ0) is 17.5. The number of pyridine rings is 1. The molecule has 0 N–H and O–H groups in total. The molecule has 1 aliphatic rings. The van der Waals surface area contributed by atoms with Gasteiger partial charge in [0.15, 0.2) is 6.20 Å². The first-order valence-corrected chi connectivity index (χ1v) is 7.32. The van der Waals surface area contributed by atoms with E-state index in [0.29, 0.717) is 5.56 Å². The van der Waals surface area contributed by atoms with Crippen LogP contribution in [0.5, 0.6) is 0 Å². The van der Waals surface area contributed by atoms with Gasteiger partial charge in [-0.1, -0.05) is 25.0 Å². The van der Waals surface area contributed by atoms with E-state index < -0.39 is 12.7 Å². The molecule has 0 unspecified atom stereocenters. The number of hydrogen-bond acceptors (Lipinski definition) is 0. The third kappa shape index (κ3) is 2.49. The second-order valence-corrected chi connectivity index (χ2v) is 5.75. The lowest BCUT2D eigenvalue weighted by atomic mass is 9.92. The zero-order valence-corrected chi connectivity index (χ0v) is 12.2. The summed E-state index contributed by atoms with van der Waals surface area (Å²) in [7, 11) is 1.88. The molecular weight excluding hydrogens is 242 g/mol. The van der Waals surface area contributed by atoms with E-state index in [-0.39, 0.29) is 0 Å². The first-order chi connectivity index (χ1) is 11.2. The van der Waals surface area contributed by atoms with E-state index in [1.165, 1.54) is 0 Å². The van der Waals surface area contributed by atoms with Crippen molar-refractivity contribution in [3.05, 3.63) is 53.2 Å². The van der Waals surface area contributed by atoms with E-state index in [0.717, 1.165) is 48.1 Å². The summed E-state index contributed by atoms with van der Waals surface area (Å²) in [6, 6.07) is 9.84. The van der Waals surface area contributed by atoms with E-state index in [4.69, 9.17) is 5.48 Å². The van der Waals surface area contributed by atoms with Crippen LogP contribution in [-0.4, -0.2) is 0 Å². The molecule has 104 valence electrons. The maximum Gasteiger partial charge on any atom is 0.212 e. The van der Waals surface area contributed by atoms with Gasteiger partial charge in [-0.2, -0.15) is 0 Å². The van der Waals surface area contributed by atoms with Crippen LogP contribution < -0.4 is 4.57 Å². The average Bonchev–Trinajstić information content (AvgIpc) is 2.95. The Morgan fingerprint density at radius 3 is 2.70 bits per heavy atom. The van der Waals surface area contributed by atoms with Crippen LogP contribution in [0.1, 0.15) is 53.8 Å². The van der Waals surface area contributed by atoms with Crippen LogP contribution in [0, 0.1) is 13.8 Å². The fraction of sp³-hybridized carbons (Fsp3) is 0.421. The molecule has 20 heavy (non-hydrogen) atoms. The average molecular weight is 270 g/mol. The number of rotatable bonds is 2. The largest absolute Gasteiger partial charge is 0.212 e. The van der Waals surface area contributed by atoms with E-state index in [1.54, 1.807) is 12.3 Å². The second kappa shape index (κ2) is 5.40. The molecular formula is C19H24N+. The molecule has 0 radical (unpaired) electrons. The van der Waals surface area contributed by atoms with Crippen molar-refractivity contribution in [3.63, 3.8) is 0 Å². The Morgan fingerprint density at radius 1 is 1.20 bits per heavy atom. The summed E-state index contributed by atoms with van der Waals surface area (Å²) in [5, 5.41) is 0. The lowest BCUT2D eigenvalue weighted by molar-refractivity contribution is -0.660. The Bertz CT molecular complexity index is 758. The third-order valence-electron chi connectivity index (χ3n) is 4.26. The second-order valence-electron chi connectivity index (χ2n) is 5.75. The molecule has 0 bridgehead atoms. The Kier molecular flexibility index (Phi) is 2.52. The molecule has 1 heteroatoms. The number of aromatic nitrogens is 1. The highest BCUT2D eigenvalue weighted by atomic mass is 14.9. The number of benzene rings is 1. The summed E-state index contributed by atoms with van der Waals surface area (Å²) in [6.07, 6.45) is 5.75. The van der Waals surface area contributed by atoms with Gasteiger partial charge in [0.1, 0.15) is 7.05 Å². The van der Waals surface area contributed by atoms with Gasteiger partial charge in [0.25, 0.3) is 0 Å². The van der Waals surface area contributed by atoms with Gasteiger partial charge in [-0.15, -0.1) is 0 Å². The normalized spacial score (nSPS) is 20.9. The molecule has 1 aliphatic carbocycles. The van der Waals surface area contributed by atoms with Crippen molar-refractivity contribution in [1.29, 1.82) is 0 Å². The molecule has 0 amide bonds. The number of aryl methyl sites for hydroxylation is 3. The summed E-state index contributed by atoms with van der Waals surface area (Å²) in [6.45, 7) is -0.0374. The van der Waals surface area contributed by atoms with Gasteiger partial charge in [0.2, 0.25) is 5.69 Å². The molecule has 1 fully saturated rings. The van der Waals surface area contributed by atoms with Gasteiger partial charge in [-0.25, -0.2) is 4.57 Å². The fourth-order valence-electron chi connectivity index (χ4n) is 3.10. The quantitative estimate of drug-likeness (QED) is 0.710. The minimum Gasteiger partial charge on any atom is -0.201 e. The highest BCUT2D eigenvalue weighted by molar-refractivity contribution is 5.62. The smallest absolute Gasteiger partial charge is 0.201 e. The molecule has 1 saturated carbocycles. The van der Waals surface area contributed by atoms with Gasteiger partial charge in [-0.05, 0) is 55.8 Å². The Balaban J connectivity index is 2.06. The van der Waals surface area contributed by atoms with E-state index >= 15 is 0 Å². The van der Waals surface area contributed by atoms with E-state index in [2.05, 4.69) is 25.1 Å². The van der Waals surface area contributed by atoms with Crippen LogP contribution in [0.3, 0.4) is 0 Å². The molecule has 1 aromatic carbocycles. The van der Waals surface area contributed by atoms with Crippen molar-refractivity contribution in [2.75, 3.05) is 0 Å². The topological polar surface area (TPSA) is 3.88 Å². The van der Waals surface area contributed by atoms with Gasteiger partial charge < -0.3 is 0 Å². The highest BCUT2D eigenvalue weighted by Gasteiger charge is 2.19. The molecule has 0 aliphatic heterocycles. The van der Waals surface area contributed by atoms with Crippen LogP contribution >= 0.6 is 0 Å². The van der Waals surface area contributed by atoms with Gasteiger partial charge >= 0.3 is 0 Å². The lowest BCUT2D eigenvalue weighted by Gasteiger charge is -2.12. The third-order valence-corrected chi connectivity index (χ3v) is 4.26. The van der Waals surface area contributed by atoms with Gasteiger partial charge in [0.05, 0.1) is 0 Å². The Hall–Kier alpha value is -1.63. The van der Waals surface area contributed by atoms with Crippen molar-refractivity contribution < 1.29 is 10.1 Å². The molecule has 1 aromatic heterocycles. The summed E-state index contributed by atoms with van der Waals surface area (Å²) in [4.78, 5) is 0. The van der Waals surface area contributed by atoms with Crippen molar-refractivity contribution in [1.82, 2.24) is 0 Å². The minimum absolute atomic E-state index is 0.343. The molecule has 0 spiro atoms. The Labute approximate surface area is 127 Å². The molecule has 3 rings (SSSR count). The van der Waals surface area contributed by atoms with Crippen LogP contribution in [0.25, 0.3) is 11.3 Å². The van der Waals surface area contributed by atoms with E-state index in [9.17, 15) is 0 Å². The van der Waals surface area contributed by atoms with Gasteiger partial charge in [0, 0.05) is 22.7 Å².